The van der Waals surface area contributed by atoms with Crippen LogP contribution in [0.1, 0.15) is 70.1 Å². The standard InChI is InChI=1S/C32H20O8.C5H5.Co/c33-29(34)21-9-1-17(2-10-21)25-26(18-3-11-22(12-4-18)30(35)36)28(20-7-15-24(16-8-20)32(39)40)27(25)19-5-13-23(14-6-19)31(37)38;1-2-4-5-3-1;/h1-16H,(H,33,34)(H,35,36)(H,37,38)(H,39,40);1-3H,4H2;. The molecule has 0 saturated carbocycles. The molecule has 6 rings (SSSR count). The zero-order valence-electron chi connectivity index (χ0n) is 23.9. The molecule has 9 heteroatoms. The fourth-order valence-electron chi connectivity index (χ4n) is 5.12. The summed E-state index contributed by atoms with van der Waals surface area (Å²) in [4.78, 5) is 45.9. The molecule has 0 amide bonds. The molecule has 46 heavy (non-hydrogen) atoms. The first kappa shape index (κ1) is 31.6. The quantitative estimate of drug-likeness (QED) is 0.153. The Balaban J connectivity index is 0.000000624. The van der Waals surface area contributed by atoms with E-state index < -0.39 is 23.9 Å². The summed E-state index contributed by atoms with van der Waals surface area (Å²) in [6.07, 6.45) is 7.13. The Morgan fingerprint density at radius 2 is 0.674 bits per heavy atom. The molecular formula is C37H25CoO8. The molecule has 2 aliphatic rings. The first-order valence-corrected chi connectivity index (χ1v) is 14.4. The third-order valence-electron chi connectivity index (χ3n) is 7.39. The molecule has 0 radical (unpaired) electrons. The molecule has 230 valence electrons. The average Bonchev–Trinajstić information content (AvgIpc) is 3.52. The van der Waals surface area contributed by atoms with Gasteiger partial charge in [-0.1, -0.05) is 48.5 Å². The number of carboxylic acids is 4. The molecular weight excluding hydrogens is 631 g/mol. The van der Waals surface area contributed by atoms with Crippen LogP contribution in [0.5, 0.6) is 0 Å². The minimum atomic E-state index is -1.07. The van der Waals surface area contributed by atoms with E-state index in [4.69, 9.17) is 0 Å². The van der Waals surface area contributed by atoms with E-state index in [0.717, 1.165) is 33.2 Å². The van der Waals surface area contributed by atoms with Crippen molar-refractivity contribution in [2.24, 2.45) is 0 Å². The van der Waals surface area contributed by atoms with E-state index in [0.29, 0.717) is 22.3 Å². The fraction of sp³-hybridized carbons (Fsp3) is 0.0270. The molecule has 0 fully saturated rings. The molecule has 0 unspecified atom stereocenters. The van der Waals surface area contributed by atoms with Crippen molar-refractivity contribution in [3.05, 3.63) is 164 Å². The second-order valence-electron chi connectivity index (χ2n) is 10.2. The van der Waals surface area contributed by atoms with Crippen LogP contribution < -0.4 is 0 Å². The van der Waals surface area contributed by atoms with E-state index in [1.54, 1.807) is 48.5 Å². The monoisotopic (exact) mass is 656 g/mol. The number of hydrogen-bond donors (Lipinski definition) is 4. The van der Waals surface area contributed by atoms with Crippen molar-refractivity contribution < 1.29 is 55.3 Å². The van der Waals surface area contributed by atoms with Crippen molar-refractivity contribution in [3.8, 4) is 0 Å². The number of aromatic carboxylic acids is 4. The van der Waals surface area contributed by atoms with E-state index >= 15 is 0 Å². The minimum absolute atomic E-state index is 0.108. The van der Waals surface area contributed by atoms with Crippen LogP contribution in [0, 0.1) is 0 Å². The van der Waals surface area contributed by atoms with Gasteiger partial charge in [-0.05, 0) is 93.1 Å². The van der Waals surface area contributed by atoms with Crippen LogP contribution >= 0.6 is 0 Å². The zero-order valence-corrected chi connectivity index (χ0v) is 25.0. The number of carboxylic acid groups (broad SMARTS) is 4. The van der Waals surface area contributed by atoms with Gasteiger partial charge < -0.3 is 20.4 Å². The van der Waals surface area contributed by atoms with Gasteiger partial charge >= 0.3 is 68.8 Å². The Morgan fingerprint density at radius 3 is 0.804 bits per heavy atom. The molecule has 4 N–H and O–H groups in total. The van der Waals surface area contributed by atoms with E-state index in [9.17, 15) is 39.6 Å². The van der Waals surface area contributed by atoms with Crippen LogP contribution in [0.15, 0.2) is 120 Å². The van der Waals surface area contributed by atoms with Gasteiger partial charge in [0.1, 0.15) is 0 Å². The second kappa shape index (κ2) is 13.5. The van der Waals surface area contributed by atoms with E-state index in [1.807, 2.05) is 12.2 Å². The predicted molar refractivity (Wildman–Crippen MR) is 169 cm³/mol. The molecule has 0 spiro atoms. The van der Waals surface area contributed by atoms with E-state index in [1.165, 1.54) is 48.5 Å². The zero-order chi connectivity index (χ0) is 33.0. The maximum atomic E-state index is 11.5. The Bertz CT molecular complexity index is 1700. The summed E-state index contributed by atoms with van der Waals surface area (Å²) in [5.74, 6) is -4.29. The van der Waals surface area contributed by atoms with Gasteiger partial charge in [-0.2, -0.15) is 0 Å². The summed E-state index contributed by atoms with van der Waals surface area (Å²) in [6.45, 7) is 0. The van der Waals surface area contributed by atoms with Crippen LogP contribution in [0.3, 0.4) is 0 Å². The van der Waals surface area contributed by atoms with Crippen LogP contribution in [0.4, 0.5) is 0 Å². The molecule has 2 aliphatic carbocycles. The topological polar surface area (TPSA) is 149 Å². The molecule has 4 aromatic carbocycles. The Hall–Kier alpha value is -5.77. The maximum absolute atomic E-state index is 11.5. The van der Waals surface area contributed by atoms with Gasteiger partial charge in [-0.25, -0.2) is 19.2 Å². The summed E-state index contributed by atoms with van der Waals surface area (Å²) < 4.78 is 1.16. The predicted octanol–water partition coefficient (Wildman–Crippen LogP) is 7.39. The van der Waals surface area contributed by atoms with E-state index in [2.05, 4.69) is 21.8 Å². The van der Waals surface area contributed by atoms with Gasteiger partial charge in [0.15, 0.2) is 0 Å². The second-order valence-corrected chi connectivity index (χ2v) is 10.9. The number of carbonyl (C=O) groups is 4. The summed E-state index contributed by atoms with van der Waals surface area (Å²) in [6, 6.07) is 25.3. The molecule has 4 aromatic rings. The van der Waals surface area contributed by atoms with Crippen molar-refractivity contribution in [3.63, 3.8) is 0 Å². The van der Waals surface area contributed by atoms with Crippen LogP contribution in [-0.4, -0.2) is 44.3 Å². The summed E-state index contributed by atoms with van der Waals surface area (Å²) >= 11 is 4.14. The van der Waals surface area contributed by atoms with Gasteiger partial charge in [0, 0.05) is 0 Å². The van der Waals surface area contributed by atoms with Gasteiger partial charge in [-0.3, -0.25) is 0 Å². The van der Waals surface area contributed by atoms with Crippen molar-refractivity contribution in [1.82, 2.24) is 0 Å². The van der Waals surface area contributed by atoms with Crippen molar-refractivity contribution in [2.45, 2.75) is 6.42 Å². The Morgan fingerprint density at radius 1 is 0.435 bits per heavy atom. The van der Waals surface area contributed by atoms with Crippen LogP contribution in [-0.2, 0) is 15.7 Å². The number of allylic oxidation sites excluding steroid dienone is 8. The number of hydrogen-bond acceptors (Lipinski definition) is 4. The third-order valence-corrected chi connectivity index (χ3v) is 7.78. The molecule has 0 saturated heterocycles. The Labute approximate surface area is 271 Å². The van der Waals surface area contributed by atoms with Crippen LogP contribution in [0.25, 0.3) is 22.3 Å². The van der Waals surface area contributed by atoms with Gasteiger partial charge in [0.05, 0.1) is 22.3 Å². The first-order valence-electron chi connectivity index (χ1n) is 13.9. The average molecular weight is 657 g/mol. The van der Waals surface area contributed by atoms with Crippen molar-refractivity contribution >= 4 is 46.2 Å². The normalized spacial score (nSPS) is 13.4. The molecule has 0 aliphatic heterocycles. The fourth-order valence-corrected chi connectivity index (χ4v) is 5.34. The summed E-state index contributed by atoms with van der Waals surface area (Å²) in [5, 5.41) is 37.5. The Kier molecular flexibility index (Phi) is 9.27. The van der Waals surface area contributed by atoms with E-state index in [-0.39, 0.29) is 22.3 Å². The van der Waals surface area contributed by atoms with Crippen LogP contribution in [0.2, 0.25) is 0 Å². The third kappa shape index (κ3) is 6.65. The molecule has 0 atom stereocenters. The summed E-state index contributed by atoms with van der Waals surface area (Å²) in [7, 11) is 0. The number of benzene rings is 4. The number of rotatable bonds is 8. The van der Waals surface area contributed by atoms with Crippen molar-refractivity contribution in [1.29, 1.82) is 0 Å². The molecule has 0 aromatic heterocycles. The van der Waals surface area contributed by atoms with Gasteiger partial charge in [0.2, 0.25) is 0 Å². The first-order chi connectivity index (χ1) is 22.0. The molecule has 8 nitrogen and oxygen atoms in total. The SMILES string of the molecule is O=C(O)c1ccc(C2=C(c3ccc(C(=O)O)cc3)C(c3ccc(C(=O)O)cc3)=C2c2ccc(C(=O)O)cc2)cc1.[Co][C]1=CC=CC1. The van der Waals surface area contributed by atoms with Gasteiger partial charge in [0.25, 0.3) is 0 Å². The molecule has 0 bridgehead atoms. The van der Waals surface area contributed by atoms with Crippen molar-refractivity contribution in [2.75, 3.05) is 0 Å². The van der Waals surface area contributed by atoms with Gasteiger partial charge in [-0.15, -0.1) is 0 Å². The molecule has 0 heterocycles. The summed E-state index contributed by atoms with van der Waals surface area (Å²) in [5.41, 5.74) is 6.23.